The van der Waals surface area contributed by atoms with E-state index in [0.29, 0.717) is 13.1 Å². The van der Waals surface area contributed by atoms with Crippen LogP contribution in [0.15, 0.2) is 0 Å². The third-order valence-electron chi connectivity index (χ3n) is 2.41. The van der Waals surface area contributed by atoms with Crippen molar-refractivity contribution in [1.82, 2.24) is 9.03 Å². The second-order valence-electron chi connectivity index (χ2n) is 3.71. The second kappa shape index (κ2) is 5.20. The number of thiocarbonyl (C=S) groups is 1. The highest BCUT2D eigenvalue weighted by molar-refractivity contribution is 7.87. The predicted octanol–water partition coefficient (Wildman–Crippen LogP) is -0.0187. The monoisotopic (exact) mass is 251 g/mol. The zero-order valence-electron chi connectivity index (χ0n) is 8.77. The van der Waals surface area contributed by atoms with E-state index in [2.05, 4.69) is 4.72 Å². The summed E-state index contributed by atoms with van der Waals surface area (Å²) in [6, 6.07) is -0.494. The number of nitrogens with two attached hydrogens (primary N) is 1. The molecule has 1 fully saturated rings. The number of rotatable bonds is 4. The molecule has 15 heavy (non-hydrogen) atoms. The molecule has 0 saturated carbocycles. The van der Waals surface area contributed by atoms with Crippen molar-refractivity contribution in [3.05, 3.63) is 0 Å². The van der Waals surface area contributed by atoms with Gasteiger partial charge in [0.15, 0.2) is 0 Å². The molecule has 0 radical (unpaired) electrons. The number of hydrogen-bond donors (Lipinski definition) is 2. The smallest absolute Gasteiger partial charge is 0.280 e. The largest absolute Gasteiger partial charge is 0.392 e. The number of nitrogens with zero attached hydrogens (tertiary/aromatic N) is 1. The zero-order valence-corrected chi connectivity index (χ0v) is 10.4. The average Bonchev–Trinajstić information content (AvgIpc) is 2.18. The molecule has 0 aromatic rings. The molecule has 1 aliphatic heterocycles. The lowest BCUT2D eigenvalue weighted by Gasteiger charge is -2.27. The van der Waals surface area contributed by atoms with Crippen molar-refractivity contribution in [2.45, 2.75) is 32.2 Å². The molecule has 1 rings (SSSR count). The number of piperidine rings is 1. The van der Waals surface area contributed by atoms with Gasteiger partial charge in [0, 0.05) is 13.1 Å². The molecule has 0 spiro atoms. The van der Waals surface area contributed by atoms with Gasteiger partial charge in [-0.1, -0.05) is 18.6 Å². The zero-order chi connectivity index (χ0) is 11.5. The molecule has 7 heteroatoms. The Bertz CT molecular complexity index is 323. The van der Waals surface area contributed by atoms with Crippen molar-refractivity contribution in [2.75, 3.05) is 13.1 Å². The molecule has 0 aromatic heterocycles. The quantitative estimate of drug-likeness (QED) is 0.689. The molecule has 0 amide bonds. The highest BCUT2D eigenvalue weighted by Gasteiger charge is 2.25. The van der Waals surface area contributed by atoms with Crippen LogP contribution < -0.4 is 10.5 Å². The van der Waals surface area contributed by atoms with Crippen LogP contribution in [0.3, 0.4) is 0 Å². The summed E-state index contributed by atoms with van der Waals surface area (Å²) in [4.78, 5) is 0.163. The summed E-state index contributed by atoms with van der Waals surface area (Å²) >= 11 is 4.72. The Balaban J connectivity index is 2.61. The summed E-state index contributed by atoms with van der Waals surface area (Å²) in [6.07, 6.45) is 2.93. The van der Waals surface area contributed by atoms with Gasteiger partial charge in [0.1, 0.15) is 0 Å². The van der Waals surface area contributed by atoms with Crippen molar-refractivity contribution >= 4 is 27.4 Å². The summed E-state index contributed by atoms with van der Waals surface area (Å²) in [6.45, 7) is 2.81. The predicted molar refractivity (Wildman–Crippen MR) is 63.7 cm³/mol. The Labute approximate surface area is 96.2 Å². The molecule has 3 N–H and O–H groups in total. The fourth-order valence-electron chi connectivity index (χ4n) is 1.46. The molecule has 5 nitrogen and oxygen atoms in total. The fourth-order valence-corrected chi connectivity index (χ4v) is 3.06. The van der Waals surface area contributed by atoms with Gasteiger partial charge in [-0.05, 0) is 19.8 Å². The second-order valence-corrected chi connectivity index (χ2v) is 5.88. The Morgan fingerprint density at radius 2 is 1.93 bits per heavy atom. The van der Waals surface area contributed by atoms with E-state index in [1.54, 1.807) is 6.92 Å². The van der Waals surface area contributed by atoms with Gasteiger partial charge in [-0.15, -0.1) is 0 Å². The molecule has 0 bridgehead atoms. The maximum atomic E-state index is 11.8. The molecular weight excluding hydrogens is 234 g/mol. The van der Waals surface area contributed by atoms with Crippen LogP contribution in [0.1, 0.15) is 26.2 Å². The minimum Gasteiger partial charge on any atom is -0.392 e. The lowest BCUT2D eigenvalue weighted by Crippen LogP contribution is -2.49. The first kappa shape index (κ1) is 12.8. The van der Waals surface area contributed by atoms with Gasteiger partial charge >= 0.3 is 0 Å². The van der Waals surface area contributed by atoms with Crippen LogP contribution >= 0.6 is 12.2 Å². The first-order chi connectivity index (χ1) is 6.93. The maximum Gasteiger partial charge on any atom is 0.280 e. The van der Waals surface area contributed by atoms with Crippen molar-refractivity contribution in [1.29, 1.82) is 0 Å². The summed E-state index contributed by atoms with van der Waals surface area (Å²) < 4.78 is 27.5. The maximum absolute atomic E-state index is 11.8. The van der Waals surface area contributed by atoms with Gasteiger partial charge in [-0.2, -0.15) is 17.4 Å². The lowest BCUT2D eigenvalue weighted by atomic mass is 10.2. The minimum atomic E-state index is -3.41. The van der Waals surface area contributed by atoms with Crippen molar-refractivity contribution in [2.24, 2.45) is 5.73 Å². The van der Waals surface area contributed by atoms with Crippen LogP contribution in [-0.2, 0) is 10.2 Å². The molecule has 0 aromatic carbocycles. The SMILES string of the molecule is CC(NS(=O)(=O)N1CCCCC1)C(N)=S. The van der Waals surface area contributed by atoms with Crippen LogP contribution in [0, 0.1) is 0 Å². The lowest BCUT2D eigenvalue weighted by molar-refractivity contribution is 0.341. The Hall–Kier alpha value is -0.240. The minimum absolute atomic E-state index is 0.163. The van der Waals surface area contributed by atoms with Gasteiger partial charge in [-0.25, -0.2) is 0 Å². The molecule has 0 aliphatic carbocycles. The third kappa shape index (κ3) is 3.67. The molecule has 1 unspecified atom stereocenters. The fraction of sp³-hybridized carbons (Fsp3) is 0.875. The summed E-state index contributed by atoms with van der Waals surface area (Å²) in [5.41, 5.74) is 5.36. The van der Waals surface area contributed by atoms with Gasteiger partial charge < -0.3 is 5.73 Å². The van der Waals surface area contributed by atoms with Gasteiger partial charge in [-0.3, -0.25) is 0 Å². The number of hydrogen-bond acceptors (Lipinski definition) is 3. The Morgan fingerprint density at radius 1 is 1.40 bits per heavy atom. The van der Waals surface area contributed by atoms with E-state index in [1.165, 1.54) is 4.31 Å². The summed E-state index contributed by atoms with van der Waals surface area (Å²) in [5.74, 6) is 0. The molecule has 1 saturated heterocycles. The van der Waals surface area contributed by atoms with E-state index >= 15 is 0 Å². The van der Waals surface area contributed by atoms with Crippen LogP contribution in [0.5, 0.6) is 0 Å². The molecule has 1 aliphatic rings. The van der Waals surface area contributed by atoms with Crippen LogP contribution in [0.4, 0.5) is 0 Å². The van der Waals surface area contributed by atoms with E-state index in [0.717, 1.165) is 19.3 Å². The third-order valence-corrected chi connectivity index (χ3v) is 4.46. The van der Waals surface area contributed by atoms with Crippen LogP contribution in [0.2, 0.25) is 0 Å². The first-order valence-corrected chi connectivity index (χ1v) is 6.85. The molecule has 1 atom stereocenters. The van der Waals surface area contributed by atoms with Crippen molar-refractivity contribution < 1.29 is 8.42 Å². The van der Waals surface area contributed by atoms with Crippen LogP contribution in [0.25, 0.3) is 0 Å². The molecular formula is C8H17N3O2S2. The van der Waals surface area contributed by atoms with E-state index < -0.39 is 16.3 Å². The van der Waals surface area contributed by atoms with Gasteiger partial charge in [0.2, 0.25) is 0 Å². The van der Waals surface area contributed by atoms with E-state index in [1.807, 2.05) is 0 Å². The van der Waals surface area contributed by atoms with Gasteiger partial charge in [0.05, 0.1) is 11.0 Å². The Kier molecular flexibility index (Phi) is 4.45. The Morgan fingerprint density at radius 3 is 2.40 bits per heavy atom. The topological polar surface area (TPSA) is 75.4 Å². The van der Waals surface area contributed by atoms with Gasteiger partial charge in [0.25, 0.3) is 10.2 Å². The highest BCUT2D eigenvalue weighted by Crippen LogP contribution is 2.12. The van der Waals surface area contributed by atoms with Crippen molar-refractivity contribution in [3.63, 3.8) is 0 Å². The van der Waals surface area contributed by atoms with E-state index in [-0.39, 0.29) is 4.99 Å². The summed E-state index contributed by atoms with van der Waals surface area (Å²) in [7, 11) is -3.41. The van der Waals surface area contributed by atoms with E-state index in [9.17, 15) is 8.42 Å². The summed E-state index contributed by atoms with van der Waals surface area (Å²) in [5, 5.41) is 0. The van der Waals surface area contributed by atoms with Crippen LogP contribution in [-0.4, -0.2) is 36.8 Å². The standard InChI is InChI=1S/C8H17N3O2S2/c1-7(8(9)14)10-15(12,13)11-5-3-2-4-6-11/h7,10H,2-6H2,1H3,(H2,9,14). The molecule has 1 heterocycles. The number of nitrogens with one attached hydrogen (secondary N) is 1. The normalized spacial score (nSPS) is 21.1. The van der Waals surface area contributed by atoms with Crippen molar-refractivity contribution in [3.8, 4) is 0 Å². The molecule has 88 valence electrons. The first-order valence-electron chi connectivity index (χ1n) is 5.00. The highest BCUT2D eigenvalue weighted by atomic mass is 32.2. The van der Waals surface area contributed by atoms with E-state index in [4.69, 9.17) is 18.0 Å². The average molecular weight is 251 g/mol.